The van der Waals surface area contributed by atoms with Gasteiger partial charge in [0.25, 0.3) is 0 Å². The maximum atomic E-state index is 11.8. The second kappa shape index (κ2) is 11.5. The van der Waals surface area contributed by atoms with Gasteiger partial charge >= 0.3 is 6.09 Å². The monoisotopic (exact) mass is 510 g/mol. The highest BCUT2D eigenvalue weighted by Gasteiger charge is 2.15. The number of ether oxygens (including phenoxy) is 2. The number of pyridine rings is 2. The average molecular weight is 511 g/mol. The van der Waals surface area contributed by atoms with Crippen LogP contribution in [0.1, 0.15) is 43.0 Å². The number of rotatable bonds is 8. The first-order valence-electron chi connectivity index (χ1n) is 12.2. The summed E-state index contributed by atoms with van der Waals surface area (Å²) in [6, 6.07) is 10.1. The largest absolute Gasteiger partial charge is 0.490 e. The molecule has 194 valence electrons. The summed E-state index contributed by atoms with van der Waals surface area (Å²) in [6.45, 7) is 8.03. The van der Waals surface area contributed by atoms with E-state index < -0.39 is 11.7 Å². The van der Waals surface area contributed by atoms with Crippen LogP contribution in [0.4, 0.5) is 16.2 Å². The van der Waals surface area contributed by atoms with E-state index in [1.165, 1.54) is 0 Å². The molecule has 0 saturated heterocycles. The molecule has 4 aromatic rings. The third-order valence-corrected chi connectivity index (χ3v) is 5.59. The number of aromatic nitrogens is 3. The lowest BCUT2D eigenvalue weighted by molar-refractivity contribution is 0.0520. The molecular formula is C29H30N6O3. The second-order valence-corrected chi connectivity index (χ2v) is 9.63. The van der Waals surface area contributed by atoms with E-state index in [0.717, 1.165) is 33.3 Å². The molecule has 0 spiro atoms. The van der Waals surface area contributed by atoms with E-state index in [2.05, 4.69) is 31.7 Å². The molecule has 9 heteroatoms. The van der Waals surface area contributed by atoms with Gasteiger partial charge in [-0.3, -0.25) is 9.97 Å². The molecule has 0 aliphatic heterocycles. The van der Waals surface area contributed by atoms with Crippen LogP contribution >= 0.6 is 0 Å². The zero-order valence-electron chi connectivity index (χ0n) is 21.8. The van der Waals surface area contributed by atoms with Gasteiger partial charge in [0, 0.05) is 46.9 Å². The Kier molecular flexibility index (Phi) is 7.92. The zero-order chi connectivity index (χ0) is 27.1. The highest BCUT2D eigenvalue weighted by atomic mass is 16.6. The van der Waals surface area contributed by atoms with Gasteiger partial charge in [0.2, 0.25) is 0 Å². The highest BCUT2D eigenvalue weighted by molar-refractivity contribution is 5.90. The summed E-state index contributed by atoms with van der Waals surface area (Å²) < 4.78 is 10.9. The van der Waals surface area contributed by atoms with Crippen molar-refractivity contribution in [3.05, 3.63) is 77.5 Å². The summed E-state index contributed by atoms with van der Waals surface area (Å²) in [5.41, 5.74) is 5.16. The van der Waals surface area contributed by atoms with Gasteiger partial charge in [-0.1, -0.05) is 12.2 Å². The number of hydrogen-bond donors (Lipinski definition) is 3. The van der Waals surface area contributed by atoms with E-state index >= 15 is 0 Å². The van der Waals surface area contributed by atoms with Crippen molar-refractivity contribution in [2.75, 3.05) is 18.5 Å². The number of H-pyrrole nitrogens is 1. The maximum absolute atomic E-state index is 11.8. The molecule has 1 amide bonds. The summed E-state index contributed by atoms with van der Waals surface area (Å²) in [7, 11) is 0. The number of carbonyl (C=O) groups excluding carboxylic acids is 1. The van der Waals surface area contributed by atoms with Crippen molar-refractivity contribution >= 4 is 40.5 Å². The molecule has 0 atom stereocenters. The van der Waals surface area contributed by atoms with E-state index in [9.17, 15) is 10.1 Å². The van der Waals surface area contributed by atoms with Gasteiger partial charge in [-0.15, -0.1) is 0 Å². The lowest BCUT2D eigenvalue weighted by atomic mass is 10.1. The number of carbonyl (C=O) groups is 1. The van der Waals surface area contributed by atoms with Crippen LogP contribution in [0, 0.1) is 18.3 Å². The quantitative estimate of drug-likeness (QED) is 0.250. The normalized spacial score (nSPS) is 11.3. The number of fused-ring (bicyclic) bond motifs is 1. The van der Waals surface area contributed by atoms with E-state index in [4.69, 9.17) is 9.47 Å². The van der Waals surface area contributed by atoms with E-state index in [0.29, 0.717) is 23.5 Å². The van der Waals surface area contributed by atoms with Crippen molar-refractivity contribution in [3.63, 3.8) is 0 Å². The van der Waals surface area contributed by atoms with Crippen LogP contribution in [0.15, 0.2) is 55.2 Å². The van der Waals surface area contributed by atoms with Crippen molar-refractivity contribution in [2.24, 2.45) is 0 Å². The highest BCUT2D eigenvalue weighted by Crippen LogP contribution is 2.31. The van der Waals surface area contributed by atoms with Crippen molar-refractivity contribution in [3.8, 4) is 11.8 Å². The molecule has 3 aromatic heterocycles. The summed E-state index contributed by atoms with van der Waals surface area (Å²) in [5.74, 6) is 0.566. The predicted octanol–water partition coefficient (Wildman–Crippen LogP) is 5.96. The first kappa shape index (κ1) is 26.2. The van der Waals surface area contributed by atoms with Gasteiger partial charge in [0.15, 0.2) is 0 Å². The summed E-state index contributed by atoms with van der Waals surface area (Å²) >= 11 is 0. The van der Waals surface area contributed by atoms with Crippen LogP contribution in [-0.4, -0.2) is 39.8 Å². The minimum Gasteiger partial charge on any atom is -0.490 e. The van der Waals surface area contributed by atoms with E-state index in [1.807, 2.05) is 70.3 Å². The fourth-order valence-corrected chi connectivity index (χ4v) is 3.81. The molecule has 3 N–H and O–H groups in total. The number of nitriles is 1. The molecule has 0 fully saturated rings. The summed E-state index contributed by atoms with van der Waals surface area (Å²) in [4.78, 5) is 23.4. The van der Waals surface area contributed by atoms with Gasteiger partial charge in [0.05, 0.1) is 24.0 Å². The second-order valence-electron chi connectivity index (χ2n) is 9.63. The number of alkyl carbamates (subject to hydrolysis) is 1. The molecule has 0 radical (unpaired) electrons. The Labute approximate surface area is 221 Å². The fourth-order valence-electron chi connectivity index (χ4n) is 3.81. The van der Waals surface area contributed by atoms with E-state index in [-0.39, 0.29) is 6.61 Å². The topological polar surface area (TPSA) is 125 Å². The van der Waals surface area contributed by atoms with Gasteiger partial charge in [0.1, 0.15) is 24.0 Å². The van der Waals surface area contributed by atoms with Crippen LogP contribution in [0.2, 0.25) is 0 Å². The standard InChI is InChI=1S/C29H30N6O3/c1-19-24-9-10-33-26(24)8-7-25(19)35-27-21(16-32-17-22(27)14-30)6-5-20-13-23(18-31-15-20)37-12-11-34-28(36)38-29(2,3)4/h5-10,13,15-18,33H,11-12H2,1-4H3,(H,32,35)(H,34,36)/b6-5+. The van der Waals surface area contributed by atoms with Gasteiger partial charge < -0.3 is 25.1 Å². The van der Waals surface area contributed by atoms with Crippen LogP contribution in [0.5, 0.6) is 5.75 Å². The molecule has 0 saturated carbocycles. The fraction of sp³-hybridized carbons (Fsp3) is 0.241. The molecule has 0 aliphatic carbocycles. The number of benzene rings is 1. The minimum absolute atomic E-state index is 0.265. The number of nitrogens with one attached hydrogen (secondary N) is 3. The van der Waals surface area contributed by atoms with Gasteiger partial charge in [-0.05, 0) is 63.1 Å². The molecule has 3 heterocycles. The predicted molar refractivity (Wildman–Crippen MR) is 148 cm³/mol. The summed E-state index contributed by atoms with van der Waals surface area (Å²) in [5, 5.41) is 16.9. The van der Waals surface area contributed by atoms with Crippen LogP contribution in [0.3, 0.4) is 0 Å². The number of hydrogen-bond acceptors (Lipinski definition) is 7. The Balaban J connectivity index is 1.46. The molecule has 0 aliphatic rings. The number of anilines is 2. The van der Waals surface area contributed by atoms with Crippen molar-refractivity contribution in [2.45, 2.75) is 33.3 Å². The lowest BCUT2D eigenvalue weighted by Gasteiger charge is -2.19. The Morgan fingerprint density at radius 3 is 2.74 bits per heavy atom. The molecule has 9 nitrogen and oxygen atoms in total. The Hall–Kier alpha value is -4.84. The molecule has 0 unspecified atom stereocenters. The maximum Gasteiger partial charge on any atom is 0.407 e. The Morgan fingerprint density at radius 2 is 1.95 bits per heavy atom. The van der Waals surface area contributed by atoms with Crippen LogP contribution < -0.4 is 15.4 Å². The number of aromatic amines is 1. The third-order valence-electron chi connectivity index (χ3n) is 5.59. The van der Waals surface area contributed by atoms with Crippen molar-refractivity contribution < 1.29 is 14.3 Å². The molecule has 4 rings (SSSR count). The zero-order valence-corrected chi connectivity index (χ0v) is 21.8. The van der Waals surface area contributed by atoms with Crippen LogP contribution in [-0.2, 0) is 4.74 Å². The van der Waals surface area contributed by atoms with Crippen LogP contribution in [0.25, 0.3) is 23.1 Å². The third kappa shape index (κ3) is 6.68. The van der Waals surface area contributed by atoms with Crippen molar-refractivity contribution in [1.82, 2.24) is 20.3 Å². The smallest absolute Gasteiger partial charge is 0.407 e. The minimum atomic E-state index is -0.554. The first-order valence-corrected chi connectivity index (χ1v) is 12.2. The Bertz CT molecular complexity index is 1510. The number of amides is 1. The molecule has 38 heavy (non-hydrogen) atoms. The lowest BCUT2D eigenvalue weighted by Crippen LogP contribution is -2.34. The molecular weight excluding hydrogens is 480 g/mol. The summed E-state index contributed by atoms with van der Waals surface area (Å²) in [6.07, 6.45) is 11.8. The van der Waals surface area contributed by atoms with E-state index in [1.54, 1.807) is 24.8 Å². The first-order chi connectivity index (χ1) is 18.2. The number of aryl methyl sites for hydroxylation is 1. The Morgan fingerprint density at radius 1 is 1.13 bits per heavy atom. The van der Waals surface area contributed by atoms with Gasteiger partial charge in [-0.2, -0.15) is 5.26 Å². The average Bonchev–Trinajstić information content (AvgIpc) is 3.36. The van der Waals surface area contributed by atoms with Gasteiger partial charge in [-0.25, -0.2) is 4.79 Å². The molecule has 0 bridgehead atoms. The number of nitrogens with zero attached hydrogens (tertiary/aromatic N) is 3. The SMILES string of the molecule is Cc1c(Nc2c(C#N)cncc2/C=C/c2cncc(OCCNC(=O)OC(C)(C)C)c2)ccc2[nH]ccc12. The molecule has 1 aromatic carbocycles. The van der Waals surface area contributed by atoms with Crippen molar-refractivity contribution in [1.29, 1.82) is 5.26 Å².